The predicted octanol–water partition coefficient (Wildman–Crippen LogP) is -1.14. The van der Waals surface area contributed by atoms with E-state index in [-0.39, 0.29) is 22.7 Å². The van der Waals surface area contributed by atoms with Gasteiger partial charge in [-0.15, -0.1) is 0 Å². The van der Waals surface area contributed by atoms with Crippen molar-refractivity contribution in [1.82, 2.24) is 14.5 Å². The molecule has 0 spiro atoms. The van der Waals surface area contributed by atoms with Crippen LogP contribution in [0.15, 0.2) is 9.79 Å². The third kappa shape index (κ3) is 2.46. The van der Waals surface area contributed by atoms with E-state index in [1.807, 2.05) is 13.8 Å². The van der Waals surface area contributed by atoms with Crippen molar-refractivity contribution in [3.05, 3.63) is 19.7 Å². The highest BCUT2D eigenvalue weighted by molar-refractivity contribution is 7.07. The van der Waals surface area contributed by atoms with Crippen LogP contribution in [0.3, 0.4) is 0 Å². The van der Waals surface area contributed by atoms with Gasteiger partial charge in [0.1, 0.15) is 4.53 Å². The SMILES string of the molecule is CCOC(=O)/C=c1\sc2n(c1=O)NC1C(N=2)N(CC)C(=O)N1CC. The van der Waals surface area contributed by atoms with Crippen LogP contribution in [-0.2, 0) is 9.53 Å². The van der Waals surface area contributed by atoms with Gasteiger partial charge in [0.2, 0.25) is 4.80 Å². The van der Waals surface area contributed by atoms with Gasteiger partial charge in [-0.25, -0.2) is 14.6 Å². The van der Waals surface area contributed by atoms with Crippen LogP contribution >= 0.6 is 11.3 Å². The number of amides is 2. The third-order valence-corrected chi connectivity index (χ3v) is 4.94. The van der Waals surface area contributed by atoms with Gasteiger partial charge in [-0.05, 0) is 20.8 Å². The summed E-state index contributed by atoms with van der Waals surface area (Å²) in [4.78, 5) is 44.7. The molecule has 24 heavy (non-hydrogen) atoms. The Balaban J connectivity index is 2.06. The quantitative estimate of drug-likeness (QED) is 0.690. The van der Waals surface area contributed by atoms with Crippen molar-refractivity contribution in [1.29, 1.82) is 0 Å². The van der Waals surface area contributed by atoms with E-state index in [4.69, 9.17) is 4.74 Å². The summed E-state index contributed by atoms with van der Waals surface area (Å²) in [6.07, 6.45) is 0.378. The Morgan fingerprint density at radius 1 is 1.29 bits per heavy atom. The summed E-state index contributed by atoms with van der Waals surface area (Å²) in [5.74, 6) is -0.561. The first-order chi connectivity index (χ1) is 11.5. The summed E-state index contributed by atoms with van der Waals surface area (Å²) >= 11 is 1.10. The molecule has 0 aromatic carbocycles. The minimum atomic E-state index is -0.561. The van der Waals surface area contributed by atoms with Crippen LogP contribution in [0.4, 0.5) is 4.79 Å². The standard InChI is InChI=1S/C14H19N5O4S/c1-4-17-10-11(18(5-2)14(17)22)16-19-12(21)8(24-13(19)15-10)7-9(20)23-6-3/h7,10-11,16H,4-6H2,1-3H3/b8-7-. The molecule has 2 unspecified atom stereocenters. The highest BCUT2D eigenvalue weighted by Gasteiger charge is 2.46. The second-order valence-corrected chi connectivity index (χ2v) is 6.27. The van der Waals surface area contributed by atoms with Gasteiger partial charge in [-0.3, -0.25) is 20.0 Å². The number of likely N-dealkylation sites (N-methyl/N-ethyl adjacent to an activating group) is 2. The zero-order valence-electron chi connectivity index (χ0n) is 13.7. The average Bonchev–Trinajstić information content (AvgIpc) is 2.99. The number of thiazole rings is 1. The van der Waals surface area contributed by atoms with Gasteiger partial charge < -0.3 is 4.74 Å². The lowest BCUT2D eigenvalue weighted by molar-refractivity contribution is -0.135. The van der Waals surface area contributed by atoms with Gasteiger partial charge in [-0.1, -0.05) is 11.3 Å². The summed E-state index contributed by atoms with van der Waals surface area (Å²) in [7, 11) is 0. The van der Waals surface area contributed by atoms with Gasteiger partial charge in [0, 0.05) is 19.2 Å². The van der Waals surface area contributed by atoms with Gasteiger partial charge in [0.15, 0.2) is 12.3 Å². The Morgan fingerprint density at radius 2 is 2.00 bits per heavy atom. The first-order valence-electron chi connectivity index (χ1n) is 7.83. The summed E-state index contributed by atoms with van der Waals surface area (Å²) in [6, 6.07) is -0.104. The Bertz CT molecular complexity index is 844. The molecule has 0 bridgehead atoms. The molecule has 0 saturated carbocycles. The fraction of sp³-hybridized carbons (Fsp3) is 0.571. The fourth-order valence-electron chi connectivity index (χ4n) is 2.87. The van der Waals surface area contributed by atoms with Gasteiger partial charge in [0.05, 0.1) is 6.61 Å². The lowest BCUT2D eigenvalue weighted by atomic mass is 10.3. The smallest absolute Gasteiger partial charge is 0.332 e. The van der Waals surface area contributed by atoms with Crippen LogP contribution in [0.2, 0.25) is 0 Å². The highest BCUT2D eigenvalue weighted by Crippen LogP contribution is 2.23. The number of nitrogens with one attached hydrogen (secondary N) is 1. The van der Waals surface area contributed by atoms with Crippen LogP contribution in [0, 0.1) is 0 Å². The number of hydrogen-bond donors (Lipinski definition) is 1. The van der Waals surface area contributed by atoms with E-state index in [9.17, 15) is 14.4 Å². The molecule has 130 valence electrons. The fourth-order valence-corrected chi connectivity index (χ4v) is 3.79. The van der Waals surface area contributed by atoms with E-state index in [0.29, 0.717) is 17.9 Å². The van der Waals surface area contributed by atoms with Gasteiger partial charge in [-0.2, -0.15) is 4.68 Å². The van der Waals surface area contributed by atoms with Crippen molar-refractivity contribution in [2.24, 2.45) is 4.99 Å². The number of carbonyl (C=O) groups is 2. The Hall–Kier alpha value is -2.36. The first kappa shape index (κ1) is 16.5. The summed E-state index contributed by atoms with van der Waals surface area (Å²) in [6.45, 7) is 6.74. The normalized spacial score (nSPS) is 22.8. The van der Waals surface area contributed by atoms with E-state index in [1.165, 1.54) is 10.8 Å². The number of esters is 1. The maximum atomic E-state index is 12.5. The monoisotopic (exact) mass is 353 g/mol. The summed E-state index contributed by atoms with van der Waals surface area (Å²) < 4.78 is 6.39. The molecule has 3 heterocycles. The van der Waals surface area contributed by atoms with Gasteiger partial charge >= 0.3 is 12.0 Å². The van der Waals surface area contributed by atoms with E-state index in [2.05, 4.69) is 10.4 Å². The molecule has 9 nitrogen and oxygen atoms in total. The number of rotatable bonds is 4. The number of nitrogens with zero attached hydrogens (tertiary/aromatic N) is 4. The summed E-state index contributed by atoms with van der Waals surface area (Å²) in [5, 5.41) is 0. The number of aromatic nitrogens is 1. The molecule has 10 heteroatoms. The first-order valence-corrected chi connectivity index (χ1v) is 8.65. The van der Waals surface area contributed by atoms with Crippen LogP contribution in [0.1, 0.15) is 20.8 Å². The lowest BCUT2D eigenvalue weighted by Crippen LogP contribution is -2.55. The Kier molecular flexibility index (Phi) is 4.31. The molecule has 2 aliphatic heterocycles. The topological polar surface area (TPSA) is 96.2 Å². The molecule has 2 aliphatic rings. The molecular weight excluding hydrogens is 334 g/mol. The minimum absolute atomic E-state index is 0.104. The lowest BCUT2D eigenvalue weighted by Gasteiger charge is -2.28. The zero-order valence-corrected chi connectivity index (χ0v) is 14.5. The highest BCUT2D eigenvalue weighted by atomic mass is 32.1. The predicted molar refractivity (Wildman–Crippen MR) is 87.6 cm³/mol. The van der Waals surface area contributed by atoms with Crippen LogP contribution in [0.5, 0.6) is 0 Å². The number of hydrogen-bond acceptors (Lipinski definition) is 7. The molecule has 3 rings (SSSR count). The molecule has 1 fully saturated rings. The van der Waals surface area contributed by atoms with Crippen molar-refractivity contribution >= 4 is 29.4 Å². The molecule has 2 atom stereocenters. The maximum Gasteiger partial charge on any atom is 0.332 e. The van der Waals surface area contributed by atoms with Crippen LogP contribution in [-0.4, -0.2) is 58.5 Å². The Labute approximate surface area is 141 Å². The molecule has 0 radical (unpaired) electrons. The van der Waals surface area contributed by atoms with E-state index in [0.717, 1.165) is 11.3 Å². The average molecular weight is 353 g/mol. The van der Waals surface area contributed by atoms with Gasteiger partial charge in [0.25, 0.3) is 5.56 Å². The molecule has 1 N–H and O–H groups in total. The van der Waals surface area contributed by atoms with Crippen molar-refractivity contribution in [3.8, 4) is 0 Å². The molecule has 1 aromatic heterocycles. The van der Waals surface area contributed by atoms with Crippen molar-refractivity contribution in [2.45, 2.75) is 33.1 Å². The second kappa shape index (κ2) is 6.27. The zero-order chi connectivity index (χ0) is 17.4. The number of ether oxygens (including phenoxy) is 1. The molecule has 1 saturated heterocycles. The molecule has 2 amide bonds. The summed E-state index contributed by atoms with van der Waals surface area (Å²) in [5.41, 5.74) is 2.69. The van der Waals surface area contributed by atoms with Crippen molar-refractivity contribution in [3.63, 3.8) is 0 Å². The maximum absolute atomic E-state index is 12.5. The van der Waals surface area contributed by atoms with E-state index in [1.54, 1.807) is 16.7 Å². The number of urea groups is 1. The van der Waals surface area contributed by atoms with Crippen molar-refractivity contribution in [2.75, 3.05) is 25.1 Å². The third-order valence-electron chi connectivity index (χ3n) is 3.96. The molecule has 0 aliphatic carbocycles. The Morgan fingerprint density at radius 3 is 2.62 bits per heavy atom. The number of carbonyl (C=O) groups excluding carboxylic acids is 2. The molecule has 1 aromatic rings. The second-order valence-electron chi connectivity index (χ2n) is 5.26. The van der Waals surface area contributed by atoms with Crippen LogP contribution in [0.25, 0.3) is 6.08 Å². The van der Waals surface area contributed by atoms with E-state index < -0.39 is 18.3 Å². The minimum Gasteiger partial charge on any atom is -0.463 e. The van der Waals surface area contributed by atoms with E-state index >= 15 is 0 Å². The number of fused-ring (bicyclic) bond motifs is 2. The molecular formula is C14H19N5O4S. The largest absolute Gasteiger partial charge is 0.463 e. The van der Waals surface area contributed by atoms with Crippen molar-refractivity contribution < 1.29 is 14.3 Å². The van der Waals surface area contributed by atoms with Crippen LogP contribution < -0.4 is 20.3 Å².